The molecule has 1 fully saturated rings. The second kappa shape index (κ2) is 9.79. The maximum absolute atomic E-state index is 14.1. The van der Waals surface area contributed by atoms with Crippen molar-refractivity contribution in [3.05, 3.63) is 77.6 Å². The first-order valence-corrected chi connectivity index (χ1v) is 13.5. The Hall–Kier alpha value is -2.86. The molecule has 0 radical (unpaired) electrons. The van der Waals surface area contributed by atoms with E-state index < -0.39 is 30.8 Å². The fourth-order valence-electron chi connectivity index (χ4n) is 3.47. The summed E-state index contributed by atoms with van der Waals surface area (Å²) in [6.45, 7) is 1.74. The molecule has 8 nitrogen and oxygen atoms in total. The molecule has 0 aromatic heterocycles. The molecule has 34 heavy (non-hydrogen) atoms. The first kappa shape index (κ1) is 24.3. The van der Waals surface area contributed by atoms with Crippen LogP contribution in [-0.2, 0) is 24.8 Å². The van der Waals surface area contributed by atoms with Crippen LogP contribution < -0.4 is 14.3 Å². The zero-order valence-electron chi connectivity index (χ0n) is 17.7. The lowest BCUT2D eigenvalue weighted by Gasteiger charge is -2.30. The van der Waals surface area contributed by atoms with Crippen molar-refractivity contribution in [2.24, 2.45) is 0 Å². The molecule has 0 amide bonds. The Morgan fingerprint density at radius 1 is 0.824 bits per heavy atom. The summed E-state index contributed by atoms with van der Waals surface area (Å²) in [5.41, 5.74) is 0.505. The van der Waals surface area contributed by atoms with Gasteiger partial charge >= 0.3 is 0 Å². The van der Waals surface area contributed by atoms with Crippen molar-refractivity contribution in [3.63, 3.8) is 0 Å². The van der Waals surface area contributed by atoms with Crippen LogP contribution in [0.4, 0.5) is 21.5 Å². The van der Waals surface area contributed by atoms with Gasteiger partial charge in [0.25, 0.3) is 20.0 Å². The maximum atomic E-state index is 14.1. The predicted octanol–water partition coefficient (Wildman–Crippen LogP) is 3.92. The minimum absolute atomic E-state index is 0.0419. The summed E-state index contributed by atoms with van der Waals surface area (Å²) in [6.07, 6.45) is 0. The van der Waals surface area contributed by atoms with Crippen LogP contribution in [0.2, 0.25) is 5.02 Å². The molecule has 0 bridgehead atoms. The quantitative estimate of drug-likeness (QED) is 0.484. The summed E-state index contributed by atoms with van der Waals surface area (Å²) in [5, 5.41) is 0.204. The molecular weight excluding hydrogens is 505 g/mol. The van der Waals surface area contributed by atoms with Crippen molar-refractivity contribution in [1.29, 1.82) is 0 Å². The molecule has 3 aromatic carbocycles. The molecule has 0 saturated carbocycles. The van der Waals surface area contributed by atoms with Gasteiger partial charge in [-0.25, -0.2) is 21.2 Å². The van der Waals surface area contributed by atoms with Crippen LogP contribution in [0.1, 0.15) is 0 Å². The average molecular weight is 526 g/mol. The third kappa shape index (κ3) is 5.27. The van der Waals surface area contributed by atoms with Gasteiger partial charge in [-0.2, -0.15) is 0 Å². The second-order valence-electron chi connectivity index (χ2n) is 7.40. The summed E-state index contributed by atoms with van der Waals surface area (Å²) < 4.78 is 76.4. The standard InChI is InChI=1S/C22H21ClFN3O5S2/c23-17-5-1-3-7-19(17)26-34(30,31)22-15-16(9-10-20(22)27-11-13-32-14-12-27)25-33(28,29)21-8-4-2-6-18(21)24/h1-10,15,25-26H,11-14H2. The highest BCUT2D eigenvalue weighted by Crippen LogP contribution is 2.33. The number of para-hydroxylation sites is 1. The lowest BCUT2D eigenvalue weighted by molar-refractivity contribution is 0.122. The number of halogens is 2. The van der Waals surface area contributed by atoms with E-state index in [0.717, 1.165) is 12.1 Å². The third-order valence-electron chi connectivity index (χ3n) is 5.10. The molecule has 4 rings (SSSR count). The minimum atomic E-state index is -4.30. The van der Waals surface area contributed by atoms with E-state index in [1.54, 1.807) is 18.2 Å². The maximum Gasteiger partial charge on any atom is 0.264 e. The number of benzene rings is 3. The number of sulfonamides is 2. The molecule has 1 saturated heterocycles. The van der Waals surface area contributed by atoms with Gasteiger partial charge in [0.05, 0.1) is 35.3 Å². The van der Waals surface area contributed by atoms with Crippen molar-refractivity contribution in [3.8, 4) is 0 Å². The number of nitrogens with one attached hydrogen (secondary N) is 2. The number of ether oxygens (including phenoxy) is 1. The third-order valence-corrected chi connectivity index (χ3v) is 8.24. The Morgan fingerprint density at radius 2 is 1.47 bits per heavy atom. The van der Waals surface area contributed by atoms with Crippen molar-refractivity contribution in [2.45, 2.75) is 9.79 Å². The van der Waals surface area contributed by atoms with Crippen LogP contribution in [0.15, 0.2) is 76.5 Å². The summed E-state index contributed by atoms with van der Waals surface area (Å²) in [6, 6.07) is 15.4. The average Bonchev–Trinajstić information content (AvgIpc) is 2.81. The Kier molecular flexibility index (Phi) is 6.99. The van der Waals surface area contributed by atoms with Gasteiger partial charge in [-0.15, -0.1) is 0 Å². The molecule has 0 aliphatic carbocycles. The Bertz CT molecular complexity index is 1410. The summed E-state index contributed by atoms with van der Waals surface area (Å²) in [4.78, 5) is 1.12. The molecule has 3 aromatic rings. The first-order chi connectivity index (χ1) is 16.2. The van der Waals surface area contributed by atoms with Gasteiger partial charge in [0.1, 0.15) is 15.6 Å². The molecule has 12 heteroatoms. The number of rotatable bonds is 7. The van der Waals surface area contributed by atoms with E-state index in [0.29, 0.717) is 32.0 Å². The molecule has 1 aliphatic heterocycles. The number of hydrogen-bond acceptors (Lipinski definition) is 6. The Morgan fingerprint density at radius 3 is 2.18 bits per heavy atom. The fraction of sp³-hybridized carbons (Fsp3) is 0.182. The van der Waals surface area contributed by atoms with E-state index in [1.807, 2.05) is 4.90 Å². The molecule has 0 spiro atoms. The molecular formula is C22H21ClFN3O5S2. The van der Waals surface area contributed by atoms with Crippen LogP contribution >= 0.6 is 11.6 Å². The van der Waals surface area contributed by atoms with Gasteiger partial charge in [0, 0.05) is 13.1 Å². The number of nitrogens with zero attached hydrogens (tertiary/aromatic N) is 1. The van der Waals surface area contributed by atoms with E-state index in [9.17, 15) is 21.2 Å². The summed E-state index contributed by atoms with van der Waals surface area (Å²) in [5.74, 6) is -0.923. The molecule has 180 valence electrons. The lowest BCUT2D eigenvalue weighted by Crippen LogP contribution is -2.37. The SMILES string of the molecule is O=S(=O)(Nc1ccc(N2CCOCC2)c(S(=O)(=O)Nc2ccccc2Cl)c1)c1ccccc1F. The summed E-state index contributed by atoms with van der Waals surface area (Å²) >= 11 is 6.13. The zero-order chi connectivity index (χ0) is 24.3. The van der Waals surface area contributed by atoms with Crippen LogP contribution in [0.25, 0.3) is 0 Å². The van der Waals surface area contributed by atoms with E-state index in [4.69, 9.17) is 16.3 Å². The van der Waals surface area contributed by atoms with Gasteiger partial charge in [-0.05, 0) is 42.5 Å². The van der Waals surface area contributed by atoms with Crippen LogP contribution in [0, 0.1) is 5.82 Å². The van der Waals surface area contributed by atoms with E-state index >= 15 is 0 Å². The number of anilines is 3. The van der Waals surface area contributed by atoms with Crippen molar-refractivity contribution in [2.75, 3.05) is 40.6 Å². The van der Waals surface area contributed by atoms with Crippen molar-refractivity contribution >= 4 is 48.7 Å². The number of hydrogen-bond donors (Lipinski definition) is 2. The van der Waals surface area contributed by atoms with Crippen molar-refractivity contribution in [1.82, 2.24) is 0 Å². The van der Waals surface area contributed by atoms with Crippen molar-refractivity contribution < 1.29 is 26.0 Å². The molecule has 0 atom stereocenters. The van der Waals surface area contributed by atoms with Gasteiger partial charge in [-0.1, -0.05) is 35.9 Å². The summed E-state index contributed by atoms with van der Waals surface area (Å²) in [7, 11) is -8.50. The van der Waals surface area contributed by atoms with Gasteiger partial charge in [0.15, 0.2) is 0 Å². The van der Waals surface area contributed by atoms with Gasteiger partial charge in [0.2, 0.25) is 0 Å². The molecule has 1 aliphatic rings. The largest absolute Gasteiger partial charge is 0.378 e. The topological polar surface area (TPSA) is 105 Å². The van der Waals surface area contributed by atoms with Gasteiger partial charge in [-0.3, -0.25) is 9.44 Å². The smallest absolute Gasteiger partial charge is 0.264 e. The molecule has 0 unspecified atom stereocenters. The minimum Gasteiger partial charge on any atom is -0.378 e. The Balaban J connectivity index is 1.75. The predicted molar refractivity (Wildman–Crippen MR) is 129 cm³/mol. The van der Waals surface area contributed by atoms with Gasteiger partial charge < -0.3 is 9.64 Å². The highest BCUT2D eigenvalue weighted by Gasteiger charge is 2.26. The van der Waals surface area contributed by atoms with E-state index in [-0.39, 0.29) is 21.3 Å². The lowest BCUT2D eigenvalue weighted by atomic mass is 10.2. The normalized spacial score (nSPS) is 14.6. The van der Waals surface area contributed by atoms with E-state index in [1.165, 1.54) is 36.4 Å². The molecule has 1 heterocycles. The zero-order valence-corrected chi connectivity index (χ0v) is 20.1. The molecule has 2 N–H and O–H groups in total. The first-order valence-electron chi connectivity index (χ1n) is 10.2. The highest BCUT2D eigenvalue weighted by molar-refractivity contribution is 7.93. The second-order valence-corrected chi connectivity index (χ2v) is 11.1. The highest BCUT2D eigenvalue weighted by atomic mass is 35.5. The fourth-order valence-corrected chi connectivity index (χ4v) is 6.18. The van der Waals surface area contributed by atoms with Crippen LogP contribution in [0.3, 0.4) is 0 Å². The number of morpholine rings is 1. The Labute approximate surface area is 202 Å². The van der Waals surface area contributed by atoms with Crippen LogP contribution in [0.5, 0.6) is 0 Å². The van der Waals surface area contributed by atoms with E-state index in [2.05, 4.69) is 9.44 Å². The van der Waals surface area contributed by atoms with Crippen LogP contribution in [-0.4, -0.2) is 43.1 Å². The monoisotopic (exact) mass is 525 g/mol.